The highest BCUT2D eigenvalue weighted by Gasteiger charge is 2.21. The van der Waals surface area contributed by atoms with Crippen molar-refractivity contribution in [3.05, 3.63) is 25.4 Å². The molecule has 1 aromatic rings. The summed E-state index contributed by atoms with van der Waals surface area (Å²) in [6, 6.07) is 0. The average molecular weight is 336 g/mol. The maximum Gasteiger partial charge on any atom is 0.264 e. The van der Waals surface area contributed by atoms with Crippen LogP contribution in [-0.4, -0.2) is 15.7 Å². The first-order chi connectivity index (χ1) is 7.22. The molecular weight excluding hydrogens is 323 g/mol. The van der Waals surface area contributed by atoms with Gasteiger partial charge in [-0.2, -0.15) is 11.8 Å². The summed E-state index contributed by atoms with van der Waals surface area (Å²) in [7, 11) is 0. The summed E-state index contributed by atoms with van der Waals surface area (Å²) in [5, 5.41) is 0.403. The van der Waals surface area contributed by atoms with E-state index in [0.29, 0.717) is 5.25 Å². The van der Waals surface area contributed by atoms with Crippen LogP contribution in [-0.2, 0) is 6.42 Å². The van der Waals surface area contributed by atoms with Gasteiger partial charge in [0.2, 0.25) is 0 Å². The molecule has 0 spiro atoms. The van der Waals surface area contributed by atoms with Crippen LogP contribution >= 0.6 is 34.4 Å². The smallest absolute Gasteiger partial charge is 0.264 e. The van der Waals surface area contributed by atoms with Crippen LogP contribution in [0.5, 0.6) is 0 Å². The zero-order valence-corrected chi connectivity index (χ0v) is 11.5. The fourth-order valence-electron chi connectivity index (χ4n) is 1.70. The maximum absolute atomic E-state index is 11.7. The van der Waals surface area contributed by atoms with Crippen molar-refractivity contribution in [1.82, 2.24) is 9.97 Å². The van der Waals surface area contributed by atoms with Gasteiger partial charge in [-0.25, -0.2) is 4.98 Å². The topological polar surface area (TPSA) is 45.8 Å². The van der Waals surface area contributed by atoms with Crippen LogP contribution < -0.4 is 5.56 Å². The van der Waals surface area contributed by atoms with Crippen molar-refractivity contribution in [2.24, 2.45) is 0 Å². The molecule has 2 rings (SSSR count). The van der Waals surface area contributed by atoms with E-state index >= 15 is 0 Å². The lowest BCUT2D eigenvalue weighted by Crippen LogP contribution is -2.18. The molecule has 0 aliphatic carbocycles. The molecule has 0 radical (unpaired) electrons. The number of rotatable bonds is 2. The van der Waals surface area contributed by atoms with Crippen molar-refractivity contribution >= 4 is 34.4 Å². The number of hydrogen-bond acceptors (Lipinski definition) is 3. The van der Waals surface area contributed by atoms with E-state index in [-0.39, 0.29) is 5.56 Å². The average Bonchev–Trinajstić information content (AvgIpc) is 2.75. The van der Waals surface area contributed by atoms with Crippen molar-refractivity contribution in [2.75, 3.05) is 5.75 Å². The van der Waals surface area contributed by atoms with E-state index in [9.17, 15) is 4.79 Å². The summed E-state index contributed by atoms with van der Waals surface area (Å²) in [6.45, 7) is 2.04. The Hall–Kier alpha value is -0.0400. The third-order valence-corrected chi connectivity index (χ3v) is 5.02. The molecule has 1 N–H and O–H groups in total. The van der Waals surface area contributed by atoms with Crippen LogP contribution in [0.15, 0.2) is 4.79 Å². The van der Waals surface area contributed by atoms with Crippen molar-refractivity contribution in [3.63, 3.8) is 0 Å². The van der Waals surface area contributed by atoms with Gasteiger partial charge in [0.1, 0.15) is 5.82 Å². The molecule has 1 aliphatic rings. The van der Waals surface area contributed by atoms with E-state index in [2.05, 4.69) is 32.6 Å². The molecule has 5 heteroatoms. The molecule has 0 saturated carbocycles. The van der Waals surface area contributed by atoms with E-state index in [1.165, 1.54) is 12.2 Å². The zero-order chi connectivity index (χ0) is 10.8. The monoisotopic (exact) mass is 336 g/mol. The molecule has 1 atom stereocenters. The van der Waals surface area contributed by atoms with Gasteiger partial charge in [-0.3, -0.25) is 4.79 Å². The number of thioether (sulfide) groups is 1. The Morgan fingerprint density at radius 2 is 2.47 bits per heavy atom. The van der Waals surface area contributed by atoms with Gasteiger partial charge in [0.25, 0.3) is 5.56 Å². The van der Waals surface area contributed by atoms with Crippen molar-refractivity contribution in [2.45, 2.75) is 31.4 Å². The zero-order valence-electron chi connectivity index (χ0n) is 8.55. The number of nitrogens with one attached hydrogen (secondary N) is 1. The Balaban J connectivity index is 2.40. The normalized spacial score (nSPS) is 20.8. The van der Waals surface area contributed by atoms with Gasteiger partial charge in [0.05, 0.1) is 14.5 Å². The van der Waals surface area contributed by atoms with Crippen LogP contribution in [0.3, 0.4) is 0 Å². The molecule has 1 aliphatic heterocycles. The molecule has 3 nitrogen and oxygen atoms in total. The number of aromatic amines is 1. The second kappa shape index (κ2) is 4.86. The molecule has 0 amide bonds. The molecule has 2 heterocycles. The number of nitrogens with zero attached hydrogens (tertiary/aromatic N) is 1. The molecule has 1 saturated heterocycles. The third-order valence-electron chi connectivity index (χ3n) is 2.52. The van der Waals surface area contributed by atoms with Crippen LogP contribution in [0.25, 0.3) is 0 Å². The third kappa shape index (κ3) is 2.38. The van der Waals surface area contributed by atoms with Crippen LogP contribution in [0.1, 0.15) is 36.5 Å². The summed E-state index contributed by atoms with van der Waals surface area (Å²) in [5.41, 5.74) is 0.951. The summed E-state index contributed by atoms with van der Waals surface area (Å²) in [4.78, 5) is 19.1. The predicted molar refractivity (Wildman–Crippen MR) is 71.4 cm³/mol. The SMILES string of the molecule is CCc1nc(C2CCCS2)[nH]c(=O)c1I. The van der Waals surface area contributed by atoms with Crippen molar-refractivity contribution in [3.8, 4) is 0 Å². The minimum absolute atomic E-state index is 0.0185. The van der Waals surface area contributed by atoms with Crippen LogP contribution in [0.4, 0.5) is 0 Å². The van der Waals surface area contributed by atoms with Crippen molar-refractivity contribution in [1.29, 1.82) is 0 Å². The number of hydrogen-bond donors (Lipinski definition) is 1. The highest BCUT2D eigenvalue weighted by Crippen LogP contribution is 2.37. The van der Waals surface area contributed by atoms with Gasteiger partial charge in [-0.15, -0.1) is 0 Å². The van der Waals surface area contributed by atoms with E-state index in [4.69, 9.17) is 0 Å². The molecule has 82 valence electrons. The number of aromatic nitrogens is 2. The maximum atomic E-state index is 11.7. The van der Waals surface area contributed by atoms with E-state index < -0.39 is 0 Å². The van der Waals surface area contributed by atoms with Gasteiger partial charge in [0, 0.05) is 0 Å². The van der Waals surface area contributed by atoms with E-state index in [1.54, 1.807) is 0 Å². The molecule has 1 fully saturated rings. The minimum Gasteiger partial charge on any atom is -0.309 e. The predicted octanol–water partition coefficient (Wildman–Crippen LogP) is 2.50. The number of halogens is 1. The van der Waals surface area contributed by atoms with E-state index in [0.717, 1.165) is 27.9 Å². The fraction of sp³-hybridized carbons (Fsp3) is 0.600. The molecular formula is C10H13IN2OS. The highest BCUT2D eigenvalue weighted by atomic mass is 127. The highest BCUT2D eigenvalue weighted by molar-refractivity contribution is 14.1. The number of H-pyrrole nitrogens is 1. The first kappa shape index (κ1) is 11.4. The molecule has 1 aromatic heterocycles. The lowest BCUT2D eigenvalue weighted by molar-refractivity contribution is 0.756. The summed E-state index contributed by atoms with van der Waals surface area (Å²) in [5.74, 6) is 2.06. The quantitative estimate of drug-likeness (QED) is 0.844. The lowest BCUT2D eigenvalue weighted by Gasteiger charge is -2.09. The molecule has 0 aromatic carbocycles. The summed E-state index contributed by atoms with van der Waals surface area (Å²) >= 11 is 3.97. The Morgan fingerprint density at radius 3 is 3.07 bits per heavy atom. The fourth-order valence-corrected chi connectivity index (χ4v) is 3.56. The van der Waals surface area contributed by atoms with E-state index in [1.807, 2.05) is 18.7 Å². The Morgan fingerprint density at radius 1 is 1.67 bits per heavy atom. The first-order valence-electron chi connectivity index (χ1n) is 5.12. The first-order valence-corrected chi connectivity index (χ1v) is 7.25. The largest absolute Gasteiger partial charge is 0.309 e. The second-order valence-corrected chi connectivity index (χ2v) is 5.96. The standard InChI is InChI=1S/C10H13IN2OS/c1-2-6-8(11)10(14)13-9(12-6)7-4-3-5-15-7/h7H,2-5H2,1H3,(H,12,13,14). The number of aryl methyl sites for hydroxylation is 1. The van der Waals surface area contributed by atoms with Gasteiger partial charge in [0.15, 0.2) is 0 Å². The van der Waals surface area contributed by atoms with Gasteiger partial charge in [-0.1, -0.05) is 6.92 Å². The Bertz CT molecular complexity index is 412. The molecule has 1 unspecified atom stereocenters. The second-order valence-electron chi connectivity index (χ2n) is 3.57. The summed E-state index contributed by atoms with van der Waals surface area (Å²) < 4.78 is 0.738. The van der Waals surface area contributed by atoms with Gasteiger partial charge < -0.3 is 4.98 Å². The minimum atomic E-state index is 0.0185. The molecule has 0 bridgehead atoms. The summed E-state index contributed by atoms with van der Waals surface area (Å²) in [6.07, 6.45) is 3.19. The van der Waals surface area contributed by atoms with Gasteiger partial charge >= 0.3 is 0 Å². The lowest BCUT2D eigenvalue weighted by atomic mass is 10.2. The Kier molecular flexibility index (Phi) is 3.71. The molecule has 15 heavy (non-hydrogen) atoms. The van der Waals surface area contributed by atoms with Crippen LogP contribution in [0, 0.1) is 3.57 Å². The Labute approximate surface area is 107 Å². The van der Waals surface area contributed by atoms with Crippen molar-refractivity contribution < 1.29 is 0 Å². The van der Waals surface area contributed by atoms with Crippen LogP contribution in [0.2, 0.25) is 0 Å². The van der Waals surface area contributed by atoms with Gasteiger partial charge in [-0.05, 0) is 47.6 Å².